The van der Waals surface area contributed by atoms with Gasteiger partial charge in [-0.15, -0.1) is 0 Å². The third-order valence-electron chi connectivity index (χ3n) is 7.15. The molecular formula is C28H29ClN2OS. The second-order valence-electron chi connectivity index (χ2n) is 9.03. The minimum atomic E-state index is -0.323. The summed E-state index contributed by atoms with van der Waals surface area (Å²) in [4.78, 5) is 20.2. The summed E-state index contributed by atoms with van der Waals surface area (Å²) in [5.74, 6) is 0.296. The Bertz CT molecular complexity index is 1140. The number of hydrogen-bond donors (Lipinski definition) is 0. The van der Waals surface area contributed by atoms with Gasteiger partial charge in [-0.05, 0) is 81.7 Å². The molecule has 0 amide bonds. The number of Topliss-reactive ketones (excluding diaryl/α,β-unsaturated/α-hetero) is 1. The number of hydrogen-bond acceptors (Lipinski definition) is 4. The fourth-order valence-electron chi connectivity index (χ4n) is 5.26. The Morgan fingerprint density at radius 1 is 0.909 bits per heavy atom. The molecule has 0 N–H and O–H groups in total. The van der Waals surface area contributed by atoms with Crippen LogP contribution in [0.3, 0.4) is 0 Å². The van der Waals surface area contributed by atoms with Gasteiger partial charge in [0.15, 0.2) is 0 Å². The number of likely N-dealkylation sites (tertiary alicyclic amines) is 1. The van der Waals surface area contributed by atoms with Gasteiger partial charge in [-0.25, -0.2) is 0 Å². The average Bonchev–Trinajstić information content (AvgIpc) is 2.85. The predicted octanol–water partition coefficient (Wildman–Crippen LogP) is 6.96. The van der Waals surface area contributed by atoms with Gasteiger partial charge in [-0.1, -0.05) is 65.8 Å². The second-order valence-corrected chi connectivity index (χ2v) is 10.6. The molecule has 0 radical (unpaired) electrons. The smallest absolute Gasteiger partial charge is 0.140 e. The van der Waals surface area contributed by atoms with Gasteiger partial charge in [0.25, 0.3) is 0 Å². The van der Waals surface area contributed by atoms with Crippen molar-refractivity contribution in [1.29, 1.82) is 0 Å². The maximum absolute atomic E-state index is 12.7. The van der Waals surface area contributed by atoms with Crippen LogP contribution in [0.4, 0.5) is 11.4 Å². The Labute approximate surface area is 205 Å². The van der Waals surface area contributed by atoms with Gasteiger partial charge in [0.05, 0.1) is 16.8 Å². The zero-order chi connectivity index (χ0) is 22.8. The highest BCUT2D eigenvalue weighted by Crippen LogP contribution is 2.48. The number of fused-ring (bicyclic) bond motifs is 2. The summed E-state index contributed by atoms with van der Waals surface area (Å²) in [6, 6.07) is 25.1. The van der Waals surface area contributed by atoms with Gasteiger partial charge in [-0.2, -0.15) is 0 Å². The van der Waals surface area contributed by atoms with Crippen LogP contribution in [0, 0.1) is 0 Å². The highest BCUT2D eigenvalue weighted by molar-refractivity contribution is 7.99. The van der Waals surface area contributed by atoms with Gasteiger partial charge in [0.1, 0.15) is 5.78 Å². The summed E-state index contributed by atoms with van der Waals surface area (Å²) in [7, 11) is 0. The zero-order valence-electron chi connectivity index (χ0n) is 19.0. The van der Waals surface area contributed by atoms with Crippen molar-refractivity contribution in [3.63, 3.8) is 0 Å². The number of ketones is 1. The number of halogens is 1. The number of piperidine rings is 1. The molecule has 170 valence electrons. The first kappa shape index (κ1) is 22.5. The zero-order valence-corrected chi connectivity index (χ0v) is 20.5. The minimum Gasteiger partial charge on any atom is -0.340 e. The Kier molecular flexibility index (Phi) is 6.51. The van der Waals surface area contributed by atoms with Gasteiger partial charge in [0.2, 0.25) is 0 Å². The van der Waals surface area contributed by atoms with Crippen LogP contribution in [0.1, 0.15) is 31.7 Å². The predicted molar refractivity (Wildman–Crippen MR) is 138 cm³/mol. The van der Waals surface area contributed by atoms with E-state index in [-0.39, 0.29) is 5.41 Å². The highest BCUT2D eigenvalue weighted by atomic mass is 35.5. The van der Waals surface area contributed by atoms with Crippen molar-refractivity contribution in [3.05, 3.63) is 83.4 Å². The number of rotatable bonds is 6. The largest absolute Gasteiger partial charge is 0.340 e. The molecule has 0 aromatic heterocycles. The summed E-state index contributed by atoms with van der Waals surface area (Å²) in [5, 5.41) is 0.774. The summed E-state index contributed by atoms with van der Waals surface area (Å²) in [6.45, 7) is 5.66. The van der Waals surface area contributed by atoms with Crippen LogP contribution >= 0.6 is 23.4 Å². The standard InChI is InChI=1S/C28H29ClN2OS/c1-21(32)28(22-8-3-2-4-9-22)14-18-30(19-15-28)16-7-17-31-24-10-5-6-11-26(24)33-27-13-12-23(29)20-25(27)31/h2-6,8-13,20H,7,14-19H2,1H3. The van der Waals surface area contributed by atoms with Crippen LogP contribution < -0.4 is 4.90 Å². The molecule has 2 aliphatic rings. The number of anilines is 2. The van der Waals surface area contributed by atoms with E-state index in [0.29, 0.717) is 5.78 Å². The van der Waals surface area contributed by atoms with E-state index in [9.17, 15) is 4.79 Å². The fourth-order valence-corrected chi connectivity index (χ4v) is 6.50. The van der Waals surface area contributed by atoms with Crippen molar-refractivity contribution in [2.45, 2.75) is 41.4 Å². The molecule has 0 saturated carbocycles. The molecule has 2 heterocycles. The number of nitrogens with zero attached hydrogens (tertiary/aromatic N) is 2. The molecule has 5 heteroatoms. The topological polar surface area (TPSA) is 23.6 Å². The summed E-state index contributed by atoms with van der Waals surface area (Å²) >= 11 is 8.17. The fraction of sp³-hybridized carbons (Fsp3) is 0.321. The van der Waals surface area contributed by atoms with Crippen molar-refractivity contribution < 1.29 is 4.79 Å². The number of carbonyl (C=O) groups is 1. The molecule has 0 aliphatic carbocycles. The summed E-state index contributed by atoms with van der Waals surface area (Å²) in [5.41, 5.74) is 3.31. The third-order valence-corrected chi connectivity index (χ3v) is 8.52. The van der Waals surface area contributed by atoms with Crippen LogP contribution in [0.2, 0.25) is 5.02 Å². The molecule has 3 nitrogen and oxygen atoms in total. The number of para-hydroxylation sites is 1. The van der Waals surface area contributed by atoms with Gasteiger partial charge < -0.3 is 9.80 Å². The molecular weight excluding hydrogens is 448 g/mol. The van der Waals surface area contributed by atoms with Gasteiger partial charge >= 0.3 is 0 Å². The highest BCUT2D eigenvalue weighted by Gasteiger charge is 2.40. The van der Waals surface area contributed by atoms with Crippen LogP contribution in [-0.4, -0.2) is 36.9 Å². The SMILES string of the molecule is CC(=O)C1(c2ccccc2)CCN(CCCN2c3ccccc3Sc3ccc(Cl)cc32)CC1. The molecule has 0 unspecified atom stereocenters. The van der Waals surface area contributed by atoms with E-state index in [1.807, 2.05) is 36.0 Å². The van der Waals surface area contributed by atoms with Crippen LogP contribution in [-0.2, 0) is 10.2 Å². The Balaban J connectivity index is 1.25. The van der Waals surface area contributed by atoms with Crippen molar-refractivity contribution in [2.24, 2.45) is 0 Å². The minimum absolute atomic E-state index is 0.296. The molecule has 0 atom stereocenters. The summed E-state index contributed by atoms with van der Waals surface area (Å²) < 4.78 is 0. The Morgan fingerprint density at radius 3 is 2.36 bits per heavy atom. The van der Waals surface area contributed by atoms with E-state index >= 15 is 0 Å². The van der Waals surface area contributed by atoms with E-state index in [2.05, 4.69) is 58.3 Å². The molecule has 3 aromatic rings. The van der Waals surface area contributed by atoms with Gasteiger partial charge in [0, 0.05) is 21.4 Å². The molecule has 33 heavy (non-hydrogen) atoms. The van der Waals surface area contributed by atoms with Crippen LogP contribution in [0.5, 0.6) is 0 Å². The lowest BCUT2D eigenvalue weighted by Gasteiger charge is -2.41. The van der Waals surface area contributed by atoms with Crippen molar-refractivity contribution >= 4 is 40.5 Å². The Hall–Kier alpha value is -2.27. The van der Waals surface area contributed by atoms with E-state index < -0.39 is 0 Å². The van der Waals surface area contributed by atoms with Crippen molar-refractivity contribution in [2.75, 3.05) is 31.1 Å². The molecule has 1 fully saturated rings. The van der Waals surface area contributed by atoms with Crippen LogP contribution in [0.15, 0.2) is 82.6 Å². The normalized spacial score (nSPS) is 17.3. The maximum Gasteiger partial charge on any atom is 0.140 e. The third kappa shape index (κ3) is 4.44. The lowest BCUT2D eigenvalue weighted by Crippen LogP contribution is -2.47. The molecule has 0 bridgehead atoms. The molecule has 3 aromatic carbocycles. The van der Waals surface area contributed by atoms with E-state index in [1.54, 1.807) is 6.92 Å². The molecule has 0 spiro atoms. The van der Waals surface area contributed by atoms with E-state index in [4.69, 9.17) is 11.6 Å². The van der Waals surface area contributed by atoms with Crippen molar-refractivity contribution in [1.82, 2.24) is 4.90 Å². The van der Waals surface area contributed by atoms with E-state index in [1.165, 1.54) is 26.7 Å². The van der Waals surface area contributed by atoms with E-state index in [0.717, 1.165) is 50.5 Å². The lowest BCUT2D eigenvalue weighted by atomic mass is 9.70. The number of carbonyl (C=O) groups excluding carboxylic acids is 1. The second kappa shape index (κ2) is 9.54. The molecule has 1 saturated heterocycles. The molecule has 2 aliphatic heterocycles. The number of benzene rings is 3. The van der Waals surface area contributed by atoms with Crippen LogP contribution in [0.25, 0.3) is 0 Å². The first-order chi connectivity index (χ1) is 16.1. The quantitative estimate of drug-likeness (QED) is 0.383. The van der Waals surface area contributed by atoms with Gasteiger partial charge in [-0.3, -0.25) is 4.79 Å². The first-order valence-corrected chi connectivity index (χ1v) is 12.9. The first-order valence-electron chi connectivity index (χ1n) is 11.7. The van der Waals surface area contributed by atoms with Crippen molar-refractivity contribution in [3.8, 4) is 0 Å². The maximum atomic E-state index is 12.7. The summed E-state index contributed by atoms with van der Waals surface area (Å²) in [6.07, 6.45) is 2.85. The molecule has 5 rings (SSSR count). The monoisotopic (exact) mass is 476 g/mol. The lowest BCUT2D eigenvalue weighted by molar-refractivity contribution is -0.124. The average molecular weight is 477 g/mol. The Morgan fingerprint density at radius 2 is 1.61 bits per heavy atom.